The Labute approximate surface area is 168 Å². The zero-order valence-electron chi connectivity index (χ0n) is 16.1. The van der Waals surface area contributed by atoms with Crippen LogP contribution < -0.4 is 5.32 Å². The van der Waals surface area contributed by atoms with Gasteiger partial charge in [-0.3, -0.25) is 9.69 Å². The summed E-state index contributed by atoms with van der Waals surface area (Å²) in [7, 11) is 0. The molecule has 1 aliphatic heterocycles. The van der Waals surface area contributed by atoms with Crippen LogP contribution in [0.5, 0.6) is 0 Å². The van der Waals surface area contributed by atoms with Crippen LogP contribution in [0.25, 0.3) is 5.69 Å². The highest BCUT2D eigenvalue weighted by Gasteiger charge is 2.31. The van der Waals surface area contributed by atoms with E-state index in [1.165, 1.54) is 6.07 Å². The van der Waals surface area contributed by atoms with Crippen molar-refractivity contribution in [2.45, 2.75) is 32.4 Å². The van der Waals surface area contributed by atoms with Crippen LogP contribution in [-0.2, 0) is 11.3 Å². The molecule has 1 atom stereocenters. The van der Waals surface area contributed by atoms with Crippen LogP contribution in [0.3, 0.4) is 0 Å². The predicted octanol–water partition coefficient (Wildman–Crippen LogP) is 4.06. The van der Waals surface area contributed by atoms with Crippen LogP contribution in [0.2, 0.25) is 0 Å². The Morgan fingerprint density at radius 3 is 2.72 bits per heavy atom. The molecule has 2 aromatic carbocycles. The van der Waals surface area contributed by atoms with E-state index in [0.29, 0.717) is 18.7 Å². The van der Waals surface area contributed by atoms with Crippen molar-refractivity contribution in [2.75, 3.05) is 11.9 Å². The fourth-order valence-electron chi connectivity index (χ4n) is 3.78. The van der Waals surface area contributed by atoms with E-state index in [2.05, 4.69) is 10.3 Å². The van der Waals surface area contributed by atoms with Gasteiger partial charge in [-0.25, -0.2) is 13.8 Å². The maximum atomic E-state index is 14.0. The van der Waals surface area contributed by atoms with Crippen molar-refractivity contribution in [3.8, 4) is 5.69 Å². The third kappa shape index (κ3) is 4.05. The van der Waals surface area contributed by atoms with Crippen LogP contribution in [0, 0.1) is 18.6 Å². The molecular formula is C22H22F2N4O. The summed E-state index contributed by atoms with van der Waals surface area (Å²) >= 11 is 0. The van der Waals surface area contributed by atoms with Gasteiger partial charge in [0.1, 0.15) is 5.82 Å². The second-order valence-electron chi connectivity index (χ2n) is 7.22. The Balaban J connectivity index is 1.43. The number of halogens is 2. The lowest BCUT2D eigenvalue weighted by atomic mass is 10.1. The molecule has 1 unspecified atom stereocenters. The summed E-state index contributed by atoms with van der Waals surface area (Å²) in [5, 5.41) is 2.94. The molecule has 0 bridgehead atoms. The molecule has 1 amide bonds. The van der Waals surface area contributed by atoms with Crippen molar-refractivity contribution < 1.29 is 13.6 Å². The Morgan fingerprint density at radius 1 is 1.21 bits per heavy atom. The third-order valence-electron chi connectivity index (χ3n) is 5.31. The fraction of sp³-hybridized carbons (Fsp3) is 0.273. The number of likely N-dealkylation sites (tertiary alicyclic amines) is 1. The van der Waals surface area contributed by atoms with Crippen LogP contribution in [0.1, 0.15) is 24.2 Å². The Kier molecular flexibility index (Phi) is 5.40. The van der Waals surface area contributed by atoms with Crippen molar-refractivity contribution >= 4 is 11.6 Å². The number of hydrogen-bond acceptors (Lipinski definition) is 3. The molecule has 0 radical (unpaired) electrons. The van der Waals surface area contributed by atoms with Gasteiger partial charge in [0.15, 0.2) is 11.6 Å². The highest BCUT2D eigenvalue weighted by molar-refractivity contribution is 5.95. The van der Waals surface area contributed by atoms with Gasteiger partial charge in [-0.1, -0.05) is 12.1 Å². The maximum Gasteiger partial charge on any atom is 0.241 e. The SMILES string of the molecule is Cc1nccn1-c1ccc(NC(=O)C2CCCN2Cc2cccc(F)c2F)cc1. The van der Waals surface area contributed by atoms with Crippen LogP contribution in [0.4, 0.5) is 14.5 Å². The standard InChI is InChI=1S/C22H22F2N4O/c1-15-25-11-13-28(15)18-9-7-17(8-10-18)26-22(29)20-6-3-12-27(20)14-16-4-2-5-19(23)21(16)24/h2,4-5,7-11,13,20H,3,6,12,14H2,1H3,(H,26,29). The monoisotopic (exact) mass is 396 g/mol. The van der Waals surface area contributed by atoms with Crippen molar-refractivity contribution in [1.82, 2.24) is 14.5 Å². The summed E-state index contributed by atoms with van der Waals surface area (Å²) in [5.41, 5.74) is 1.92. The number of rotatable bonds is 5. The van der Waals surface area contributed by atoms with Gasteiger partial charge in [0, 0.05) is 35.9 Å². The first-order valence-electron chi connectivity index (χ1n) is 9.61. The molecular weight excluding hydrogens is 374 g/mol. The molecule has 5 nitrogen and oxygen atoms in total. The minimum atomic E-state index is -0.865. The summed E-state index contributed by atoms with van der Waals surface area (Å²) in [6.07, 6.45) is 5.15. The highest BCUT2D eigenvalue weighted by Crippen LogP contribution is 2.24. The van der Waals surface area contributed by atoms with Crippen molar-refractivity contribution in [2.24, 2.45) is 0 Å². The summed E-state index contributed by atoms with van der Waals surface area (Å²) in [4.78, 5) is 18.9. The number of benzene rings is 2. The van der Waals surface area contributed by atoms with E-state index in [-0.39, 0.29) is 24.1 Å². The minimum Gasteiger partial charge on any atom is -0.325 e. The van der Waals surface area contributed by atoms with Gasteiger partial charge in [-0.2, -0.15) is 0 Å². The largest absolute Gasteiger partial charge is 0.325 e. The van der Waals surface area contributed by atoms with Crippen LogP contribution in [0.15, 0.2) is 54.9 Å². The quantitative estimate of drug-likeness (QED) is 0.708. The number of imidazole rings is 1. The zero-order valence-corrected chi connectivity index (χ0v) is 16.1. The van der Waals surface area contributed by atoms with Gasteiger partial charge in [0.2, 0.25) is 5.91 Å². The molecule has 3 aromatic rings. The minimum absolute atomic E-state index is 0.133. The molecule has 1 saturated heterocycles. The summed E-state index contributed by atoms with van der Waals surface area (Å²) in [6, 6.07) is 11.3. The average Bonchev–Trinajstić information content (AvgIpc) is 3.35. The molecule has 1 N–H and O–H groups in total. The van der Waals surface area contributed by atoms with Crippen LogP contribution in [-0.4, -0.2) is 32.9 Å². The number of nitrogens with one attached hydrogen (secondary N) is 1. The van der Waals surface area contributed by atoms with Gasteiger partial charge >= 0.3 is 0 Å². The molecule has 0 saturated carbocycles. The Hall–Kier alpha value is -3.06. The zero-order chi connectivity index (χ0) is 20.4. The normalized spacial score (nSPS) is 16.9. The lowest BCUT2D eigenvalue weighted by molar-refractivity contribution is -0.120. The average molecular weight is 396 g/mol. The lowest BCUT2D eigenvalue weighted by Crippen LogP contribution is -2.39. The first kappa shape index (κ1) is 19.3. The molecule has 7 heteroatoms. The van der Waals surface area contributed by atoms with E-state index in [4.69, 9.17) is 0 Å². The number of amides is 1. The third-order valence-corrected chi connectivity index (χ3v) is 5.31. The van der Waals surface area contributed by atoms with E-state index in [0.717, 1.165) is 24.0 Å². The van der Waals surface area contributed by atoms with Gasteiger partial charge in [-0.15, -0.1) is 0 Å². The predicted molar refractivity (Wildman–Crippen MR) is 107 cm³/mol. The van der Waals surface area contributed by atoms with E-state index in [1.54, 1.807) is 12.3 Å². The molecule has 0 aliphatic carbocycles. The second-order valence-corrected chi connectivity index (χ2v) is 7.22. The van der Waals surface area contributed by atoms with Gasteiger partial charge < -0.3 is 9.88 Å². The first-order chi connectivity index (χ1) is 14.0. The number of anilines is 1. The van der Waals surface area contributed by atoms with Gasteiger partial charge in [0.05, 0.1) is 6.04 Å². The van der Waals surface area contributed by atoms with Gasteiger partial charge in [-0.05, 0) is 56.6 Å². The van der Waals surface area contributed by atoms with Crippen molar-refractivity contribution in [3.05, 3.63) is 77.9 Å². The number of carbonyl (C=O) groups excluding carboxylic acids is 1. The highest BCUT2D eigenvalue weighted by atomic mass is 19.2. The summed E-state index contributed by atoms with van der Waals surface area (Å²) in [6.45, 7) is 2.80. The van der Waals surface area contributed by atoms with Crippen LogP contribution >= 0.6 is 0 Å². The van der Waals surface area contributed by atoms with Crippen molar-refractivity contribution in [1.29, 1.82) is 0 Å². The summed E-state index contributed by atoms with van der Waals surface area (Å²) < 4.78 is 29.4. The number of nitrogens with zero attached hydrogens (tertiary/aromatic N) is 3. The first-order valence-corrected chi connectivity index (χ1v) is 9.61. The number of hydrogen-bond donors (Lipinski definition) is 1. The molecule has 29 heavy (non-hydrogen) atoms. The molecule has 4 rings (SSSR count). The molecule has 1 fully saturated rings. The Bertz CT molecular complexity index is 1020. The van der Waals surface area contributed by atoms with E-state index < -0.39 is 11.6 Å². The second kappa shape index (κ2) is 8.13. The molecule has 1 aromatic heterocycles. The molecule has 0 spiro atoms. The van der Waals surface area contributed by atoms with E-state index >= 15 is 0 Å². The number of aryl methyl sites for hydroxylation is 1. The summed E-state index contributed by atoms with van der Waals surface area (Å²) in [5.74, 6) is -0.960. The Morgan fingerprint density at radius 2 is 2.00 bits per heavy atom. The maximum absolute atomic E-state index is 14.0. The molecule has 1 aliphatic rings. The fourth-order valence-corrected chi connectivity index (χ4v) is 3.78. The van der Waals surface area contributed by atoms with Gasteiger partial charge in [0.25, 0.3) is 0 Å². The van der Waals surface area contributed by atoms with E-state index in [1.807, 2.05) is 46.9 Å². The molecule has 2 heterocycles. The number of carbonyl (C=O) groups is 1. The lowest BCUT2D eigenvalue weighted by Gasteiger charge is -2.24. The number of aromatic nitrogens is 2. The molecule has 150 valence electrons. The van der Waals surface area contributed by atoms with Crippen molar-refractivity contribution in [3.63, 3.8) is 0 Å². The smallest absolute Gasteiger partial charge is 0.241 e. The topological polar surface area (TPSA) is 50.2 Å². The van der Waals surface area contributed by atoms with E-state index in [9.17, 15) is 13.6 Å².